The molecule has 0 saturated heterocycles. The number of hydrogen-bond acceptors (Lipinski definition) is 2. The molecule has 5 heteroatoms. The lowest BCUT2D eigenvalue weighted by molar-refractivity contribution is -0.105. The molecule has 0 spiro atoms. The summed E-state index contributed by atoms with van der Waals surface area (Å²) in [5, 5.41) is 7.85. The molecule has 0 saturated carbocycles. The van der Waals surface area contributed by atoms with Gasteiger partial charge in [-0.3, -0.25) is 4.79 Å². The predicted octanol–water partition coefficient (Wildman–Crippen LogP) is 0.890. The average Bonchev–Trinajstić information content (AvgIpc) is 2.19. The number of carbonyl (C=O) groups excluding carboxylic acids is 2. The molecule has 0 aromatic heterocycles. The third-order valence-corrected chi connectivity index (χ3v) is 2.02. The first-order valence-corrected chi connectivity index (χ1v) is 4.17. The molecule has 1 aromatic carbocycles. The number of nitrogens with one attached hydrogen (secondary N) is 3. The molecule has 2 rings (SSSR count). The summed E-state index contributed by atoms with van der Waals surface area (Å²) in [4.78, 5) is 21.1. The predicted molar refractivity (Wildman–Crippen MR) is 52.0 cm³/mol. The van der Waals surface area contributed by atoms with E-state index in [2.05, 4.69) is 16.0 Å². The van der Waals surface area contributed by atoms with Crippen LogP contribution in [0.1, 0.15) is 5.56 Å². The molecule has 72 valence electrons. The van der Waals surface area contributed by atoms with Gasteiger partial charge in [0, 0.05) is 17.9 Å². The summed E-state index contributed by atoms with van der Waals surface area (Å²) in [6, 6.07) is 5.11. The van der Waals surface area contributed by atoms with Crippen molar-refractivity contribution >= 4 is 23.8 Å². The van der Waals surface area contributed by atoms with E-state index in [-0.39, 0.29) is 6.03 Å². The van der Waals surface area contributed by atoms with Crippen LogP contribution in [0.25, 0.3) is 0 Å². The lowest BCUT2D eigenvalue weighted by Crippen LogP contribution is -2.33. The van der Waals surface area contributed by atoms with Crippen LogP contribution in [0.5, 0.6) is 0 Å². The molecular weight excluding hydrogens is 182 g/mol. The molecule has 0 atom stereocenters. The minimum atomic E-state index is -0.200. The van der Waals surface area contributed by atoms with Crippen LogP contribution in [0.4, 0.5) is 16.2 Å². The minimum absolute atomic E-state index is 0.200. The van der Waals surface area contributed by atoms with E-state index in [1.807, 2.05) is 6.07 Å². The molecule has 1 aliphatic heterocycles. The fraction of sp³-hybridized carbons (Fsp3) is 0.111. The van der Waals surface area contributed by atoms with Crippen molar-refractivity contribution in [2.24, 2.45) is 0 Å². The van der Waals surface area contributed by atoms with Gasteiger partial charge in [0.15, 0.2) is 0 Å². The Labute approximate surface area is 80.5 Å². The number of hydrogen-bond donors (Lipinski definition) is 3. The van der Waals surface area contributed by atoms with E-state index in [1.165, 1.54) is 0 Å². The lowest BCUT2D eigenvalue weighted by atomic mass is 10.1. The number of urea groups is 1. The zero-order valence-corrected chi connectivity index (χ0v) is 7.33. The van der Waals surface area contributed by atoms with E-state index in [0.29, 0.717) is 13.0 Å². The maximum Gasteiger partial charge on any atom is 0.319 e. The van der Waals surface area contributed by atoms with Gasteiger partial charge in [0.25, 0.3) is 0 Å². The lowest BCUT2D eigenvalue weighted by Gasteiger charge is -2.18. The summed E-state index contributed by atoms with van der Waals surface area (Å²) in [5.41, 5.74) is 2.46. The molecule has 1 aliphatic rings. The highest BCUT2D eigenvalue weighted by Gasteiger charge is 2.13. The zero-order chi connectivity index (χ0) is 9.97. The quantitative estimate of drug-likeness (QED) is 0.607. The second-order valence-corrected chi connectivity index (χ2v) is 2.94. The number of amides is 3. The summed E-state index contributed by atoms with van der Waals surface area (Å²) >= 11 is 0. The molecule has 1 heterocycles. The van der Waals surface area contributed by atoms with Crippen LogP contribution in [0.2, 0.25) is 0 Å². The zero-order valence-electron chi connectivity index (χ0n) is 7.33. The molecule has 0 fully saturated rings. The standard InChI is InChI=1S/C9H9N3O2/c13-5-11-7-1-2-8-6(3-7)4-10-9(14)12-8/h1-3,5H,4H2,(H,11,13)(H2,10,12,14). The summed E-state index contributed by atoms with van der Waals surface area (Å²) in [5.74, 6) is 0. The molecule has 14 heavy (non-hydrogen) atoms. The van der Waals surface area contributed by atoms with Crippen LogP contribution in [-0.4, -0.2) is 12.4 Å². The van der Waals surface area contributed by atoms with Crippen molar-refractivity contribution in [2.75, 3.05) is 10.6 Å². The van der Waals surface area contributed by atoms with Gasteiger partial charge < -0.3 is 16.0 Å². The van der Waals surface area contributed by atoms with Gasteiger partial charge in [-0.15, -0.1) is 0 Å². The number of fused-ring (bicyclic) bond motifs is 1. The number of benzene rings is 1. The monoisotopic (exact) mass is 191 g/mol. The highest BCUT2D eigenvalue weighted by atomic mass is 16.2. The Hall–Kier alpha value is -2.04. The van der Waals surface area contributed by atoms with E-state index in [9.17, 15) is 9.59 Å². The average molecular weight is 191 g/mol. The van der Waals surface area contributed by atoms with Crippen LogP contribution in [0.3, 0.4) is 0 Å². The maximum absolute atomic E-state index is 10.9. The first-order valence-electron chi connectivity index (χ1n) is 4.17. The normalized spacial score (nSPS) is 13.6. The largest absolute Gasteiger partial charge is 0.334 e. The van der Waals surface area contributed by atoms with Gasteiger partial charge in [0.1, 0.15) is 0 Å². The van der Waals surface area contributed by atoms with Crippen molar-refractivity contribution < 1.29 is 9.59 Å². The second kappa shape index (κ2) is 3.37. The minimum Gasteiger partial charge on any atom is -0.334 e. The van der Waals surface area contributed by atoms with Crippen LogP contribution < -0.4 is 16.0 Å². The summed E-state index contributed by atoms with van der Waals surface area (Å²) in [6.45, 7) is 0.482. The second-order valence-electron chi connectivity index (χ2n) is 2.94. The molecule has 0 bridgehead atoms. The summed E-state index contributed by atoms with van der Waals surface area (Å²) in [7, 11) is 0. The van der Waals surface area contributed by atoms with Gasteiger partial charge in [-0.1, -0.05) is 0 Å². The fourth-order valence-corrected chi connectivity index (χ4v) is 1.36. The fourth-order valence-electron chi connectivity index (χ4n) is 1.36. The smallest absolute Gasteiger partial charge is 0.319 e. The van der Waals surface area contributed by atoms with E-state index >= 15 is 0 Å². The van der Waals surface area contributed by atoms with Crippen LogP contribution in [0.15, 0.2) is 18.2 Å². The van der Waals surface area contributed by atoms with E-state index < -0.39 is 0 Å². The molecule has 3 amide bonds. The van der Waals surface area contributed by atoms with Gasteiger partial charge >= 0.3 is 6.03 Å². The number of rotatable bonds is 2. The van der Waals surface area contributed by atoms with Gasteiger partial charge in [0.2, 0.25) is 6.41 Å². The molecule has 0 radical (unpaired) electrons. The molecular formula is C9H9N3O2. The van der Waals surface area contributed by atoms with Crippen LogP contribution in [0, 0.1) is 0 Å². The molecule has 0 unspecified atom stereocenters. The highest BCUT2D eigenvalue weighted by Crippen LogP contribution is 2.22. The van der Waals surface area contributed by atoms with E-state index in [0.717, 1.165) is 16.9 Å². The SMILES string of the molecule is O=CNc1ccc2c(c1)CNC(=O)N2. The Morgan fingerprint density at radius 1 is 1.43 bits per heavy atom. The topological polar surface area (TPSA) is 70.2 Å². The van der Waals surface area contributed by atoms with Crippen molar-refractivity contribution in [3.8, 4) is 0 Å². The number of carbonyl (C=O) groups is 2. The first-order chi connectivity index (χ1) is 6.79. The first kappa shape index (κ1) is 8.55. The van der Waals surface area contributed by atoms with Crippen molar-refractivity contribution in [3.63, 3.8) is 0 Å². The van der Waals surface area contributed by atoms with Crippen molar-refractivity contribution in [2.45, 2.75) is 6.54 Å². The van der Waals surface area contributed by atoms with E-state index in [1.54, 1.807) is 12.1 Å². The summed E-state index contributed by atoms with van der Waals surface area (Å²) < 4.78 is 0. The Bertz CT molecular complexity index is 390. The third kappa shape index (κ3) is 1.52. The van der Waals surface area contributed by atoms with Crippen LogP contribution >= 0.6 is 0 Å². The van der Waals surface area contributed by atoms with Crippen molar-refractivity contribution in [3.05, 3.63) is 23.8 Å². The van der Waals surface area contributed by atoms with Gasteiger partial charge in [-0.05, 0) is 23.8 Å². The third-order valence-electron chi connectivity index (χ3n) is 2.02. The number of anilines is 2. The highest BCUT2D eigenvalue weighted by molar-refractivity contribution is 5.92. The van der Waals surface area contributed by atoms with Crippen molar-refractivity contribution in [1.29, 1.82) is 0 Å². The van der Waals surface area contributed by atoms with Crippen molar-refractivity contribution in [1.82, 2.24) is 5.32 Å². The van der Waals surface area contributed by atoms with Gasteiger partial charge in [-0.25, -0.2) is 4.79 Å². The van der Waals surface area contributed by atoms with Crippen LogP contribution in [-0.2, 0) is 11.3 Å². The maximum atomic E-state index is 10.9. The Morgan fingerprint density at radius 2 is 2.29 bits per heavy atom. The molecule has 5 nitrogen and oxygen atoms in total. The van der Waals surface area contributed by atoms with Gasteiger partial charge in [0.05, 0.1) is 0 Å². The van der Waals surface area contributed by atoms with Gasteiger partial charge in [-0.2, -0.15) is 0 Å². The van der Waals surface area contributed by atoms with E-state index in [4.69, 9.17) is 0 Å². The molecule has 3 N–H and O–H groups in total. The molecule has 0 aliphatic carbocycles. The summed E-state index contributed by atoms with van der Waals surface area (Å²) in [6.07, 6.45) is 0.622. The Kier molecular flexibility index (Phi) is 2.06. The molecule has 1 aromatic rings. The Balaban J connectivity index is 2.31. The Morgan fingerprint density at radius 3 is 3.07 bits per heavy atom.